The minimum Gasteiger partial charge on any atom is -0.465 e. The van der Waals surface area contributed by atoms with Crippen LogP contribution in [0.5, 0.6) is 0 Å². The summed E-state index contributed by atoms with van der Waals surface area (Å²) in [6.07, 6.45) is 12.9. The maximum Gasteiger partial charge on any atom is 0.308 e. The molecule has 2 heteroatoms. The van der Waals surface area contributed by atoms with E-state index in [2.05, 4.69) is 32.1 Å². The third kappa shape index (κ3) is 9.52. The van der Waals surface area contributed by atoms with E-state index >= 15 is 0 Å². The number of allylic oxidation sites excluding steroid dienone is 3. The molecule has 0 aliphatic carbocycles. The number of hydrogen-bond donors (Lipinski definition) is 0. The Morgan fingerprint density at radius 2 is 2.00 bits per heavy atom. The zero-order valence-corrected chi connectivity index (χ0v) is 13.1. The molecule has 0 aromatic heterocycles. The van der Waals surface area contributed by atoms with Gasteiger partial charge in [0, 0.05) is 6.42 Å². The third-order valence-electron chi connectivity index (χ3n) is 3.17. The lowest BCUT2D eigenvalue weighted by Gasteiger charge is -2.09. The first kappa shape index (κ1) is 17.9. The number of ether oxygens (including phenoxy) is 1. The second kappa shape index (κ2) is 12.0. The fourth-order valence-electron chi connectivity index (χ4n) is 1.65. The molecule has 1 atom stereocenters. The van der Waals surface area contributed by atoms with E-state index in [4.69, 9.17) is 4.74 Å². The van der Waals surface area contributed by atoms with Gasteiger partial charge in [0.15, 0.2) is 0 Å². The molecule has 0 saturated carbocycles. The summed E-state index contributed by atoms with van der Waals surface area (Å²) < 4.78 is 5.29. The van der Waals surface area contributed by atoms with Crippen LogP contribution in [0.1, 0.15) is 66.2 Å². The number of rotatable bonds is 10. The number of unbranched alkanes of at least 4 members (excludes halogenated alkanes) is 2. The average molecular weight is 266 g/mol. The van der Waals surface area contributed by atoms with Crippen molar-refractivity contribution in [3.8, 4) is 0 Å². The van der Waals surface area contributed by atoms with Crippen LogP contribution in [0, 0.1) is 5.92 Å². The standard InChI is InChI=1S/C17H30O2/c1-5-8-9-10-12-16(11-6-2)13-14-19-17(18)15(4)7-3/h10-12,15H,5-9,13-14H2,1-4H3. The molecular formula is C17H30O2. The van der Waals surface area contributed by atoms with Crippen molar-refractivity contribution in [1.29, 1.82) is 0 Å². The van der Waals surface area contributed by atoms with E-state index in [1.54, 1.807) is 0 Å². The van der Waals surface area contributed by atoms with Gasteiger partial charge in [0.05, 0.1) is 12.5 Å². The minimum absolute atomic E-state index is 0.0127. The summed E-state index contributed by atoms with van der Waals surface area (Å²) in [4.78, 5) is 11.6. The molecule has 0 aromatic rings. The summed E-state index contributed by atoms with van der Waals surface area (Å²) >= 11 is 0. The van der Waals surface area contributed by atoms with Crippen LogP contribution in [0.15, 0.2) is 23.8 Å². The summed E-state index contributed by atoms with van der Waals surface area (Å²) in [5.74, 6) is -0.0630. The van der Waals surface area contributed by atoms with E-state index in [1.807, 2.05) is 13.8 Å². The van der Waals surface area contributed by atoms with Crippen LogP contribution in [0.4, 0.5) is 0 Å². The van der Waals surface area contributed by atoms with Gasteiger partial charge in [0.1, 0.15) is 0 Å². The molecule has 0 rings (SSSR count). The van der Waals surface area contributed by atoms with Crippen molar-refractivity contribution in [3.63, 3.8) is 0 Å². The summed E-state index contributed by atoms with van der Waals surface area (Å²) in [5, 5.41) is 0. The molecule has 2 nitrogen and oxygen atoms in total. The maximum absolute atomic E-state index is 11.6. The van der Waals surface area contributed by atoms with Gasteiger partial charge in [0.2, 0.25) is 0 Å². The Morgan fingerprint density at radius 3 is 2.58 bits per heavy atom. The van der Waals surface area contributed by atoms with Crippen molar-refractivity contribution in [1.82, 2.24) is 0 Å². The van der Waals surface area contributed by atoms with Crippen molar-refractivity contribution in [2.75, 3.05) is 6.61 Å². The molecular weight excluding hydrogens is 236 g/mol. The normalized spacial score (nSPS) is 13.8. The van der Waals surface area contributed by atoms with E-state index in [-0.39, 0.29) is 11.9 Å². The second-order valence-electron chi connectivity index (χ2n) is 4.96. The Bertz CT molecular complexity index is 290. The Labute approximate surface area is 118 Å². The van der Waals surface area contributed by atoms with E-state index < -0.39 is 0 Å². The first-order valence-electron chi connectivity index (χ1n) is 7.67. The van der Waals surface area contributed by atoms with E-state index in [9.17, 15) is 4.79 Å². The lowest BCUT2D eigenvalue weighted by atomic mass is 10.1. The highest BCUT2D eigenvalue weighted by Gasteiger charge is 2.11. The van der Waals surface area contributed by atoms with Crippen molar-refractivity contribution in [2.24, 2.45) is 5.92 Å². The van der Waals surface area contributed by atoms with Gasteiger partial charge in [-0.05, 0) is 24.8 Å². The number of carbonyl (C=O) groups excluding carboxylic acids is 1. The minimum atomic E-state index is -0.0756. The van der Waals surface area contributed by atoms with Crippen LogP contribution in [-0.2, 0) is 9.53 Å². The highest BCUT2D eigenvalue weighted by molar-refractivity contribution is 5.71. The molecule has 0 fully saturated rings. The summed E-state index contributed by atoms with van der Waals surface area (Å²) in [5.41, 5.74) is 1.27. The van der Waals surface area contributed by atoms with Gasteiger partial charge in [-0.15, -0.1) is 0 Å². The lowest BCUT2D eigenvalue weighted by molar-refractivity contribution is -0.147. The van der Waals surface area contributed by atoms with Crippen molar-refractivity contribution >= 4 is 5.97 Å². The molecule has 0 aliphatic rings. The average Bonchev–Trinajstić information content (AvgIpc) is 2.42. The largest absolute Gasteiger partial charge is 0.465 e. The number of esters is 1. The SMILES string of the molecule is CCC=C(C=CCCCC)CCOC(=O)C(C)CC. The molecule has 0 bridgehead atoms. The molecule has 0 spiro atoms. The first-order valence-corrected chi connectivity index (χ1v) is 7.67. The Morgan fingerprint density at radius 1 is 1.26 bits per heavy atom. The maximum atomic E-state index is 11.6. The lowest BCUT2D eigenvalue weighted by Crippen LogP contribution is -2.14. The summed E-state index contributed by atoms with van der Waals surface area (Å²) in [6.45, 7) is 8.74. The fraction of sp³-hybridized carbons (Fsp3) is 0.706. The van der Waals surface area contributed by atoms with Crippen LogP contribution >= 0.6 is 0 Å². The number of hydrogen-bond acceptors (Lipinski definition) is 2. The second-order valence-corrected chi connectivity index (χ2v) is 4.96. The molecule has 0 aliphatic heterocycles. The van der Waals surface area contributed by atoms with Gasteiger partial charge in [-0.2, -0.15) is 0 Å². The van der Waals surface area contributed by atoms with Crippen LogP contribution in [0.2, 0.25) is 0 Å². The van der Waals surface area contributed by atoms with E-state index in [0.717, 1.165) is 25.7 Å². The fourth-order valence-corrected chi connectivity index (χ4v) is 1.65. The number of carbonyl (C=O) groups is 1. The monoisotopic (exact) mass is 266 g/mol. The summed E-state index contributed by atoms with van der Waals surface area (Å²) in [6, 6.07) is 0. The predicted octanol–water partition coefficient (Wildman–Crippen LogP) is 5.05. The molecule has 1 unspecified atom stereocenters. The zero-order chi connectivity index (χ0) is 14.5. The van der Waals surface area contributed by atoms with Gasteiger partial charge >= 0.3 is 5.97 Å². The molecule has 0 radical (unpaired) electrons. The van der Waals surface area contributed by atoms with Crippen LogP contribution in [-0.4, -0.2) is 12.6 Å². The van der Waals surface area contributed by atoms with Crippen molar-refractivity contribution in [2.45, 2.75) is 66.2 Å². The topological polar surface area (TPSA) is 26.3 Å². The zero-order valence-electron chi connectivity index (χ0n) is 13.1. The predicted molar refractivity (Wildman–Crippen MR) is 82.1 cm³/mol. The Kier molecular flexibility index (Phi) is 11.3. The molecule has 110 valence electrons. The molecule has 19 heavy (non-hydrogen) atoms. The van der Waals surface area contributed by atoms with E-state index in [1.165, 1.54) is 18.4 Å². The van der Waals surface area contributed by atoms with Gasteiger partial charge in [-0.3, -0.25) is 4.79 Å². The van der Waals surface area contributed by atoms with Crippen LogP contribution in [0.3, 0.4) is 0 Å². The van der Waals surface area contributed by atoms with Gasteiger partial charge in [0.25, 0.3) is 0 Å². The Balaban J connectivity index is 4.05. The van der Waals surface area contributed by atoms with Crippen molar-refractivity contribution in [3.05, 3.63) is 23.8 Å². The Hall–Kier alpha value is -1.05. The molecule has 0 aromatic carbocycles. The highest BCUT2D eigenvalue weighted by Crippen LogP contribution is 2.09. The first-order chi connectivity index (χ1) is 9.15. The van der Waals surface area contributed by atoms with Crippen LogP contribution in [0.25, 0.3) is 0 Å². The van der Waals surface area contributed by atoms with Crippen LogP contribution < -0.4 is 0 Å². The van der Waals surface area contributed by atoms with Crippen molar-refractivity contribution < 1.29 is 9.53 Å². The smallest absolute Gasteiger partial charge is 0.308 e. The quantitative estimate of drug-likeness (QED) is 0.314. The van der Waals surface area contributed by atoms with Gasteiger partial charge in [-0.1, -0.05) is 58.8 Å². The van der Waals surface area contributed by atoms with Gasteiger partial charge in [-0.25, -0.2) is 0 Å². The van der Waals surface area contributed by atoms with Gasteiger partial charge < -0.3 is 4.74 Å². The summed E-state index contributed by atoms with van der Waals surface area (Å²) in [7, 11) is 0. The third-order valence-corrected chi connectivity index (χ3v) is 3.17. The molecule has 0 N–H and O–H groups in total. The van der Waals surface area contributed by atoms with E-state index in [0.29, 0.717) is 6.61 Å². The highest BCUT2D eigenvalue weighted by atomic mass is 16.5. The molecule has 0 saturated heterocycles. The molecule has 0 amide bonds. The molecule has 0 heterocycles.